The highest BCUT2D eigenvalue weighted by Gasteiger charge is 2.35. The van der Waals surface area contributed by atoms with Crippen molar-refractivity contribution in [2.75, 3.05) is 12.5 Å². The molecule has 0 bridgehead atoms. The molecule has 0 aliphatic carbocycles. The molecule has 150 valence electrons. The van der Waals surface area contributed by atoms with Gasteiger partial charge >= 0.3 is 16.2 Å². The lowest BCUT2D eigenvalue weighted by Crippen LogP contribution is -2.35. The minimum Gasteiger partial charge on any atom is -0.475 e. The Labute approximate surface area is 168 Å². The lowest BCUT2D eigenvalue weighted by molar-refractivity contribution is 0.129. The quantitative estimate of drug-likeness (QED) is 0.680. The predicted molar refractivity (Wildman–Crippen MR) is 104 cm³/mol. The second-order valence-electron chi connectivity index (χ2n) is 6.62. The van der Waals surface area contributed by atoms with Crippen LogP contribution >= 0.6 is 11.6 Å². The Balaban J connectivity index is 1.60. The standard InChI is InChI=1S/C19H20ClNO6S/c1-13(9-14-5-7-17(8-6-14)26-12-28(23,24)25)21-11-18(27-19(21)22)15-3-2-4-16(20)10-15/h2-8,10,13,18H,9,11-12H2,1H3,(H,23,24,25). The van der Waals surface area contributed by atoms with Crippen molar-refractivity contribution in [1.82, 2.24) is 4.90 Å². The third-order valence-corrected chi connectivity index (χ3v) is 5.07. The van der Waals surface area contributed by atoms with E-state index in [1.807, 2.05) is 19.1 Å². The van der Waals surface area contributed by atoms with Crippen LogP contribution in [0, 0.1) is 0 Å². The Morgan fingerprint density at radius 2 is 2.00 bits per heavy atom. The van der Waals surface area contributed by atoms with Crippen LogP contribution in [0.5, 0.6) is 5.75 Å². The molecule has 9 heteroatoms. The third kappa shape index (κ3) is 5.37. The lowest BCUT2D eigenvalue weighted by atomic mass is 10.0. The summed E-state index contributed by atoms with van der Waals surface area (Å²) in [6.07, 6.45) is -0.133. The van der Waals surface area contributed by atoms with E-state index in [0.29, 0.717) is 23.7 Å². The number of cyclic esters (lactones) is 1. The van der Waals surface area contributed by atoms with Gasteiger partial charge in [-0.2, -0.15) is 8.42 Å². The Bertz CT molecular complexity index is 947. The number of rotatable bonds is 7. The first kappa shape index (κ1) is 20.4. The molecule has 7 nitrogen and oxygen atoms in total. The van der Waals surface area contributed by atoms with Crippen LogP contribution in [0.4, 0.5) is 4.79 Å². The van der Waals surface area contributed by atoms with Crippen LogP contribution < -0.4 is 4.74 Å². The third-order valence-electron chi connectivity index (χ3n) is 4.42. The van der Waals surface area contributed by atoms with Crippen molar-refractivity contribution >= 4 is 27.8 Å². The maximum atomic E-state index is 12.3. The van der Waals surface area contributed by atoms with Crippen molar-refractivity contribution in [3.8, 4) is 5.75 Å². The maximum absolute atomic E-state index is 12.3. The van der Waals surface area contributed by atoms with Gasteiger partial charge in [-0.25, -0.2) is 4.79 Å². The van der Waals surface area contributed by atoms with Crippen LogP contribution in [0.3, 0.4) is 0 Å². The summed E-state index contributed by atoms with van der Waals surface area (Å²) in [7, 11) is -4.19. The maximum Gasteiger partial charge on any atom is 0.410 e. The molecule has 1 heterocycles. The minimum atomic E-state index is -4.19. The van der Waals surface area contributed by atoms with Crippen molar-refractivity contribution < 1.29 is 27.2 Å². The Hall–Kier alpha value is -2.29. The number of halogens is 1. The van der Waals surface area contributed by atoms with E-state index in [2.05, 4.69) is 0 Å². The molecule has 1 saturated heterocycles. The van der Waals surface area contributed by atoms with Crippen LogP contribution in [-0.2, 0) is 21.3 Å². The average Bonchev–Trinajstić information content (AvgIpc) is 3.02. The molecule has 0 aromatic heterocycles. The van der Waals surface area contributed by atoms with Gasteiger partial charge in [0.15, 0.2) is 0 Å². The van der Waals surface area contributed by atoms with Gasteiger partial charge < -0.3 is 14.4 Å². The molecule has 2 unspecified atom stereocenters. The summed E-state index contributed by atoms with van der Waals surface area (Å²) in [5.41, 5.74) is 1.81. The van der Waals surface area contributed by atoms with Crippen molar-refractivity contribution in [1.29, 1.82) is 0 Å². The second-order valence-corrected chi connectivity index (χ2v) is 8.46. The van der Waals surface area contributed by atoms with E-state index in [1.165, 1.54) is 0 Å². The SMILES string of the molecule is CC(Cc1ccc(OCS(=O)(=O)O)cc1)N1CC(c2cccc(Cl)c2)OC1=O. The first-order valence-corrected chi connectivity index (χ1v) is 10.6. The van der Waals surface area contributed by atoms with Gasteiger partial charge in [0, 0.05) is 11.1 Å². The highest BCUT2D eigenvalue weighted by Crippen LogP contribution is 2.29. The molecule has 1 N–H and O–H groups in total. The zero-order valence-electron chi connectivity index (χ0n) is 15.1. The first-order chi connectivity index (χ1) is 13.2. The highest BCUT2D eigenvalue weighted by molar-refractivity contribution is 7.85. The van der Waals surface area contributed by atoms with Gasteiger partial charge in [-0.3, -0.25) is 4.55 Å². The molecule has 1 aliphatic heterocycles. The zero-order valence-corrected chi connectivity index (χ0v) is 16.7. The van der Waals surface area contributed by atoms with Crippen LogP contribution in [0.2, 0.25) is 5.02 Å². The molecule has 0 spiro atoms. The molecular weight excluding hydrogens is 406 g/mol. The number of hydrogen-bond acceptors (Lipinski definition) is 5. The molecule has 0 saturated carbocycles. The number of benzene rings is 2. The number of nitrogens with zero attached hydrogens (tertiary/aromatic N) is 1. The predicted octanol–water partition coefficient (Wildman–Crippen LogP) is 3.69. The molecule has 28 heavy (non-hydrogen) atoms. The summed E-state index contributed by atoms with van der Waals surface area (Å²) in [6.45, 7) is 2.38. The van der Waals surface area contributed by atoms with Crippen LogP contribution in [0.25, 0.3) is 0 Å². The summed E-state index contributed by atoms with van der Waals surface area (Å²) < 4.78 is 40.6. The van der Waals surface area contributed by atoms with E-state index in [4.69, 9.17) is 25.6 Å². The molecule has 2 aromatic carbocycles. The molecule has 0 radical (unpaired) electrons. The summed E-state index contributed by atoms with van der Waals surface area (Å²) in [4.78, 5) is 14.0. The van der Waals surface area contributed by atoms with Gasteiger partial charge in [0.05, 0.1) is 6.54 Å². The normalized spacial score (nSPS) is 18.0. The molecule has 1 aliphatic rings. The average molecular weight is 426 g/mol. The van der Waals surface area contributed by atoms with Gasteiger partial charge in [0.2, 0.25) is 5.94 Å². The molecule has 1 fully saturated rings. The highest BCUT2D eigenvalue weighted by atomic mass is 35.5. The summed E-state index contributed by atoms with van der Waals surface area (Å²) in [5, 5.41) is 0.594. The monoisotopic (exact) mass is 425 g/mol. The fourth-order valence-corrected chi connectivity index (χ4v) is 3.52. The Morgan fingerprint density at radius 1 is 1.29 bits per heavy atom. The Kier molecular flexibility index (Phi) is 6.12. The van der Waals surface area contributed by atoms with Crippen molar-refractivity contribution in [2.45, 2.75) is 25.5 Å². The zero-order chi connectivity index (χ0) is 20.3. The van der Waals surface area contributed by atoms with E-state index >= 15 is 0 Å². The number of amides is 1. The van der Waals surface area contributed by atoms with E-state index in [-0.39, 0.29) is 18.2 Å². The summed E-state index contributed by atoms with van der Waals surface area (Å²) >= 11 is 6.01. The molecule has 2 aromatic rings. The van der Waals surface area contributed by atoms with Crippen LogP contribution in [0.15, 0.2) is 48.5 Å². The number of hydrogen-bond donors (Lipinski definition) is 1. The van der Waals surface area contributed by atoms with Crippen molar-refractivity contribution in [3.05, 3.63) is 64.7 Å². The van der Waals surface area contributed by atoms with Crippen LogP contribution in [-0.4, -0.2) is 42.5 Å². The van der Waals surface area contributed by atoms with Gasteiger partial charge in [-0.1, -0.05) is 35.9 Å². The van der Waals surface area contributed by atoms with Gasteiger partial charge in [-0.15, -0.1) is 0 Å². The van der Waals surface area contributed by atoms with Crippen LogP contribution in [0.1, 0.15) is 24.2 Å². The topological polar surface area (TPSA) is 93.1 Å². The van der Waals surface area contributed by atoms with E-state index < -0.39 is 16.1 Å². The van der Waals surface area contributed by atoms with E-state index in [1.54, 1.807) is 41.3 Å². The number of ether oxygens (including phenoxy) is 2. The number of carbonyl (C=O) groups excluding carboxylic acids is 1. The number of carbonyl (C=O) groups is 1. The summed E-state index contributed by atoms with van der Waals surface area (Å²) in [6, 6.07) is 14.0. The molecule has 1 amide bonds. The molecule has 3 rings (SSSR count). The van der Waals surface area contributed by atoms with Crippen molar-refractivity contribution in [3.63, 3.8) is 0 Å². The van der Waals surface area contributed by atoms with E-state index in [9.17, 15) is 13.2 Å². The smallest absolute Gasteiger partial charge is 0.410 e. The van der Waals surface area contributed by atoms with Gasteiger partial charge in [-0.05, 0) is 48.7 Å². The van der Waals surface area contributed by atoms with Crippen molar-refractivity contribution in [2.24, 2.45) is 0 Å². The fourth-order valence-electron chi connectivity index (χ4n) is 3.04. The summed E-state index contributed by atoms with van der Waals surface area (Å²) in [5.74, 6) is -0.469. The van der Waals surface area contributed by atoms with E-state index in [0.717, 1.165) is 11.1 Å². The minimum absolute atomic E-state index is 0.0960. The first-order valence-electron chi connectivity index (χ1n) is 8.61. The Morgan fingerprint density at radius 3 is 2.64 bits per heavy atom. The second kappa shape index (κ2) is 8.38. The van der Waals surface area contributed by atoms with Gasteiger partial charge in [0.1, 0.15) is 11.9 Å². The molecule has 2 atom stereocenters. The van der Waals surface area contributed by atoms with Gasteiger partial charge in [0.25, 0.3) is 0 Å². The molecular formula is C19H20ClNO6S. The lowest BCUT2D eigenvalue weighted by Gasteiger charge is -2.22. The fraction of sp³-hybridized carbons (Fsp3) is 0.316. The largest absolute Gasteiger partial charge is 0.475 e.